The topological polar surface area (TPSA) is 62.3 Å². The average Bonchev–Trinajstić information content (AvgIpc) is 3.23. The van der Waals surface area contributed by atoms with E-state index in [2.05, 4.69) is 4.98 Å². The summed E-state index contributed by atoms with van der Waals surface area (Å²) in [6, 6.07) is 20.6. The molecule has 1 aliphatic rings. The van der Waals surface area contributed by atoms with Crippen LogP contribution in [-0.4, -0.2) is 15.9 Å². The molecule has 1 aliphatic heterocycles. The number of aromatic amines is 1. The standard InChI is InChI=1S/C23H15NO3/c25-20-12-21-18(11-17(20)14-6-2-1-3-7-14)23(26)22(27-21)10-15-13-24-19-9-5-4-8-16(15)19/h1-13,24-25H. The van der Waals surface area contributed by atoms with Gasteiger partial charge in [0.15, 0.2) is 5.76 Å². The van der Waals surface area contributed by atoms with Crippen molar-refractivity contribution in [2.45, 2.75) is 0 Å². The second kappa shape index (κ2) is 5.88. The number of Topliss-reactive ketones (excluding diaryl/α,β-unsaturated/α-hetero) is 1. The number of rotatable bonds is 2. The summed E-state index contributed by atoms with van der Waals surface area (Å²) in [6.45, 7) is 0. The molecule has 4 aromatic rings. The van der Waals surface area contributed by atoms with Gasteiger partial charge in [-0.1, -0.05) is 48.5 Å². The number of phenols is 1. The molecule has 2 N–H and O–H groups in total. The number of hydrogen-bond donors (Lipinski definition) is 2. The number of H-pyrrole nitrogens is 1. The Kier molecular flexibility index (Phi) is 3.37. The van der Waals surface area contributed by atoms with Gasteiger partial charge >= 0.3 is 0 Å². The minimum absolute atomic E-state index is 0.0843. The number of phenolic OH excluding ortho intramolecular Hbond substituents is 1. The number of ketones is 1. The zero-order valence-corrected chi connectivity index (χ0v) is 14.3. The molecule has 0 saturated heterocycles. The monoisotopic (exact) mass is 353 g/mol. The molecule has 0 fully saturated rings. The minimum atomic E-state index is -0.188. The molecule has 0 radical (unpaired) electrons. The van der Waals surface area contributed by atoms with Crippen molar-refractivity contribution < 1.29 is 14.6 Å². The van der Waals surface area contributed by atoms with Gasteiger partial charge in [-0.25, -0.2) is 0 Å². The largest absolute Gasteiger partial charge is 0.507 e. The maximum absolute atomic E-state index is 12.9. The highest BCUT2D eigenvalue weighted by Gasteiger charge is 2.29. The Bertz CT molecular complexity index is 1220. The Morgan fingerprint density at radius 3 is 2.56 bits per heavy atom. The number of aromatic hydroxyl groups is 1. The minimum Gasteiger partial charge on any atom is -0.507 e. The van der Waals surface area contributed by atoms with E-state index in [1.165, 1.54) is 6.07 Å². The van der Waals surface area contributed by atoms with Crippen molar-refractivity contribution in [1.29, 1.82) is 0 Å². The van der Waals surface area contributed by atoms with Gasteiger partial charge in [0.05, 0.1) is 5.56 Å². The lowest BCUT2D eigenvalue weighted by Crippen LogP contribution is -1.98. The maximum atomic E-state index is 12.9. The van der Waals surface area contributed by atoms with Gasteiger partial charge in [-0.2, -0.15) is 0 Å². The number of aromatic nitrogens is 1. The number of ether oxygens (including phenoxy) is 1. The highest BCUT2D eigenvalue weighted by atomic mass is 16.5. The van der Waals surface area contributed by atoms with Crippen LogP contribution in [0.15, 0.2) is 78.7 Å². The Morgan fingerprint density at radius 1 is 0.926 bits per heavy atom. The SMILES string of the molecule is O=C1C(=Cc2c[nH]c3ccccc23)Oc2cc(O)c(-c3ccccc3)cc21. The number of fused-ring (bicyclic) bond motifs is 2. The van der Waals surface area contributed by atoms with Crippen LogP contribution in [-0.2, 0) is 0 Å². The first kappa shape index (κ1) is 15.5. The van der Waals surface area contributed by atoms with E-state index in [4.69, 9.17) is 4.74 Å². The van der Waals surface area contributed by atoms with Crippen LogP contribution in [0.2, 0.25) is 0 Å². The van der Waals surface area contributed by atoms with Gasteiger partial charge in [0.2, 0.25) is 5.78 Å². The molecule has 4 nitrogen and oxygen atoms in total. The zero-order valence-electron chi connectivity index (χ0n) is 14.3. The van der Waals surface area contributed by atoms with Crippen LogP contribution < -0.4 is 4.74 Å². The van der Waals surface area contributed by atoms with Crippen molar-refractivity contribution in [3.8, 4) is 22.6 Å². The third-order valence-corrected chi connectivity index (χ3v) is 4.78. The summed E-state index contributed by atoms with van der Waals surface area (Å²) in [7, 11) is 0. The molecular formula is C23H15NO3. The number of hydrogen-bond acceptors (Lipinski definition) is 3. The van der Waals surface area contributed by atoms with Crippen molar-refractivity contribution >= 4 is 22.8 Å². The van der Waals surface area contributed by atoms with Crippen molar-refractivity contribution in [3.05, 3.63) is 89.8 Å². The summed E-state index contributed by atoms with van der Waals surface area (Å²) < 4.78 is 5.75. The molecule has 0 amide bonds. The number of allylic oxidation sites excluding steroid dienone is 1. The molecule has 2 heterocycles. The van der Waals surface area contributed by atoms with Crippen molar-refractivity contribution in [2.24, 2.45) is 0 Å². The molecule has 0 aliphatic carbocycles. The number of nitrogens with one attached hydrogen (secondary N) is 1. The number of benzene rings is 3. The molecule has 5 rings (SSSR count). The first-order valence-corrected chi connectivity index (χ1v) is 8.63. The predicted molar refractivity (Wildman–Crippen MR) is 105 cm³/mol. The van der Waals surface area contributed by atoms with Gasteiger partial charge in [0, 0.05) is 34.3 Å². The summed E-state index contributed by atoms with van der Waals surface area (Å²) in [5, 5.41) is 11.4. The second-order valence-corrected chi connectivity index (χ2v) is 6.46. The summed E-state index contributed by atoms with van der Waals surface area (Å²) in [6.07, 6.45) is 3.59. The average molecular weight is 353 g/mol. The van der Waals surface area contributed by atoms with Crippen LogP contribution in [0.25, 0.3) is 28.1 Å². The van der Waals surface area contributed by atoms with E-state index < -0.39 is 0 Å². The number of para-hydroxylation sites is 1. The highest BCUT2D eigenvalue weighted by Crippen LogP contribution is 2.40. The summed E-state index contributed by atoms with van der Waals surface area (Å²) in [5.74, 6) is 0.524. The fourth-order valence-corrected chi connectivity index (χ4v) is 3.43. The van der Waals surface area contributed by atoms with E-state index in [9.17, 15) is 9.90 Å². The van der Waals surface area contributed by atoms with Gasteiger partial charge in [-0.3, -0.25) is 4.79 Å². The van der Waals surface area contributed by atoms with Gasteiger partial charge in [0.1, 0.15) is 11.5 Å². The molecule has 0 unspecified atom stereocenters. The smallest absolute Gasteiger partial charge is 0.231 e. The Balaban J connectivity index is 1.58. The van der Waals surface area contributed by atoms with E-state index in [-0.39, 0.29) is 17.3 Å². The van der Waals surface area contributed by atoms with Crippen LogP contribution in [0, 0.1) is 0 Å². The fourth-order valence-electron chi connectivity index (χ4n) is 3.43. The molecule has 1 aromatic heterocycles. The van der Waals surface area contributed by atoms with E-state index in [1.54, 1.807) is 12.1 Å². The van der Waals surface area contributed by atoms with Gasteiger partial charge < -0.3 is 14.8 Å². The Morgan fingerprint density at radius 2 is 1.70 bits per heavy atom. The lowest BCUT2D eigenvalue weighted by Gasteiger charge is -2.06. The zero-order chi connectivity index (χ0) is 18.4. The van der Waals surface area contributed by atoms with Crippen molar-refractivity contribution in [2.75, 3.05) is 0 Å². The predicted octanol–water partition coefficient (Wildman–Crippen LogP) is 5.16. The van der Waals surface area contributed by atoms with Gasteiger partial charge in [-0.15, -0.1) is 0 Å². The molecule has 0 saturated carbocycles. The van der Waals surface area contributed by atoms with Crippen LogP contribution >= 0.6 is 0 Å². The van der Waals surface area contributed by atoms with Crippen molar-refractivity contribution in [3.63, 3.8) is 0 Å². The first-order valence-electron chi connectivity index (χ1n) is 8.63. The molecule has 0 bridgehead atoms. The molecular weight excluding hydrogens is 338 g/mol. The molecule has 0 spiro atoms. The Hall–Kier alpha value is -3.79. The van der Waals surface area contributed by atoms with E-state index in [1.807, 2.05) is 60.8 Å². The third-order valence-electron chi connectivity index (χ3n) is 4.78. The normalized spacial score (nSPS) is 14.5. The van der Waals surface area contributed by atoms with Crippen LogP contribution in [0.3, 0.4) is 0 Å². The first-order chi connectivity index (χ1) is 13.2. The summed E-state index contributed by atoms with van der Waals surface area (Å²) in [5.41, 5.74) is 3.79. The van der Waals surface area contributed by atoms with Crippen molar-refractivity contribution in [1.82, 2.24) is 4.98 Å². The summed E-state index contributed by atoms with van der Waals surface area (Å²) in [4.78, 5) is 16.1. The molecule has 4 heteroatoms. The number of carbonyl (C=O) groups excluding carboxylic acids is 1. The molecule has 3 aromatic carbocycles. The fraction of sp³-hybridized carbons (Fsp3) is 0. The second-order valence-electron chi connectivity index (χ2n) is 6.46. The molecule has 130 valence electrons. The quantitative estimate of drug-likeness (QED) is 0.490. The van der Waals surface area contributed by atoms with Crippen LogP contribution in [0.5, 0.6) is 11.5 Å². The third kappa shape index (κ3) is 2.50. The Labute approximate surface area is 155 Å². The summed E-state index contributed by atoms with van der Waals surface area (Å²) >= 11 is 0. The van der Waals surface area contributed by atoms with Gasteiger partial charge in [-0.05, 0) is 23.8 Å². The van der Waals surface area contributed by atoms with E-state index >= 15 is 0 Å². The molecule has 0 atom stereocenters. The van der Waals surface area contributed by atoms with Crippen LogP contribution in [0.1, 0.15) is 15.9 Å². The molecule has 27 heavy (non-hydrogen) atoms. The maximum Gasteiger partial charge on any atom is 0.231 e. The van der Waals surface area contributed by atoms with E-state index in [0.717, 1.165) is 22.0 Å². The highest BCUT2D eigenvalue weighted by molar-refractivity contribution is 6.16. The van der Waals surface area contributed by atoms with E-state index in [0.29, 0.717) is 16.9 Å². The van der Waals surface area contributed by atoms with Crippen LogP contribution in [0.4, 0.5) is 0 Å². The number of carbonyl (C=O) groups is 1. The van der Waals surface area contributed by atoms with Gasteiger partial charge in [0.25, 0.3) is 0 Å². The lowest BCUT2D eigenvalue weighted by atomic mass is 9.99. The lowest BCUT2D eigenvalue weighted by molar-refractivity contribution is 0.101.